The number of anilines is 2. The highest BCUT2D eigenvalue weighted by molar-refractivity contribution is 5.73. The van der Waals surface area contributed by atoms with Gasteiger partial charge in [-0.2, -0.15) is 9.67 Å². The van der Waals surface area contributed by atoms with Gasteiger partial charge in [0.25, 0.3) is 0 Å². The Morgan fingerprint density at radius 3 is 2.79 bits per heavy atom. The molecule has 34 heavy (non-hydrogen) atoms. The fourth-order valence-electron chi connectivity index (χ4n) is 4.22. The molecule has 0 fully saturated rings. The topological polar surface area (TPSA) is 101 Å². The van der Waals surface area contributed by atoms with E-state index >= 15 is 0 Å². The molecule has 2 aromatic carbocycles. The van der Waals surface area contributed by atoms with Crippen molar-refractivity contribution in [1.29, 1.82) is 0 Å². The number of nitrogens with zero attached hydrogens (tertiary/aromatic N) is 6. The number of likely N-dealkylation sites (N-methyl/N-ethyl adjacent to an activating group) is 1. The van der Waals surface area contributed by atoms with E-state index in [0.717, 1.165) is 42.9 Å². The van der Waals surface area contributed by atoms with E-state index in [2.05, 4.69) is 48.7 Å². The summed E-state index contributed by atoms with van der Waals surface area (Å²) in [6.45, 7) is 2.37. The number of fused-ring (bicyclic) bond motifs is 2. The lowest BCUT2D eigenvalue weighted by atomic mass is 10.1. The number of aromatic nitrogens is 5. The van der Waals surface area contributed by atoms with E-state index in [1.807, 2.05) is 31.3 Å². The average Bonchev–Trinajstić information content (AvgIpc) is 3.49. The third-order valence-corrected chi connectivity index (χ3v) is 6.06. The molecule has 5 rings (SSSR count). The van der Waals surface area contributed by atoms with Crippen LogP contribution in [-0.4, -0.2) is 68.3 Å². The summed E-state index contributed by atoms with van der Waals surface area (Å²) in [5, 5.41) is 20.7. The summed E-state index contributed by atoms with van der Waals surface area (Å²) in [6, 6.07) is 14.2. The quantitative estimate of drug-likeness (QED) is 0.349. The summed E-state index contributed by atoms with van der Waals surface area (Å²) in [5.74, 6) is 1.29. The predicted octanol–water partition coefficient (Wildman–Crippen LogP) is 3.14. The predicted molar refractivity (Wildman–Crippen MR) is 131 cm³/mol. The SMILES string of the molecule is CN(CCO)CCCOc1ccc(Nc2ncc3nnn(-c4ccc5c(c4)CCC5)c3n2)cc1. The van der Waals surface area contributed by atoms with E-state index in [1.54, 1.807) is 10.9 Å². The molecule has 0 aliphatic heterocycles. The Labute approximate surface area is 198 Å². The van der Waals surface area contributed by atoms with E-state index in [9.17, 15) is 0 Å². The van der Waals surface area contributed by atoms with Gasteiger partial charge in [0.15, 0.2) is 11.2 Å². The fraction of sp³-hybridized carbons (Fsp3) is 0.360. The van der Waals surface area contributed by atoms with Gasteiger partial charge in [-0.05, 0) is 80.3 Å². The van der Waals surface area contributed by atoms with Crippen LogP contribution in [0.3, 0.4) is 0 Å². The van der Waals surface area contributed by atoms with E-state index < -0.39 is 0 Å². The normalized spacial score (nSPS) is 12.9. The summed E-state index contributed by atoms with van der Waals surface area (Å²) in [5.41, 5.74) is 5.96. The Morgan fingerprint density at radius 1 is 1.09 bits per heavy atom. The zero-order valence-electron chi connectivity index (χ0n) is 19.3. The lowest BCUT2D eigenvalue weighted by Crippen LogP contribution is -2.24. The van der Waals surface area contributed by atoms with Crippen LogP contribution in [0.2, 0.25) is 0 Å². The minimum absolute atomic E-state index is 0.176. The van der Waals surface area contributed by atoms with Crippen LogP contribution in [0.4, 0.5) is 11.6 Å². The number of aryl methyl sites for hydroxylation is 2. The van der Waals surface area contributed by atoms with E-state index in [0.29, 0.717) is 30.3 Å². The summed E-state index contributed by atoms with van der Waals surface area (Å²) in [6.07, 6.45) is 6.05. The fourth-order valence-corrected chi connectivity index (χ4v) is 4.22. The third kappa shape index (κ3) is 5.00. The number of nitrogens with one attached hydrogen (secondary N) is 1. The van der Waals surface area contributed by atoms with E-state index in [4.69, 9.17) is 9.84 Å². The van der Waals surface area contributed by atoms with Crippen LogP contribution in [0.15, 0.2) is 48.7 Å². The standard InChI is InChI=1S/C25H29N7O2/c1-31(13-14-33)12-3-15-34-22-10-7-20(8-11-22)27-25-26-17-23-24(28-25)32(30-29-23)21-9-6-18-4-2-5-19(18)16-21/h6-11,16-17,33H,2-5,12-15H2,1H3,(H,26,27,28). The van der Waals surface area contributed by atoms with Gasteiger partial charge in [0.05, 0.1) is 25.1 Å². The van der Waals surface area contributed by atoms with Crippen molar-refractivity contribution in [3.63, 3.8) is 0 Å². The Kier molecular flexibility index (Phi) is 6.64. The smallest absolute Gasteiger partial charge is 0.229 e. The highest BCUT2D eigenvalue weighted by atomic mass is 16.5. The number of hydrogen-bond donors (Lipinski definition) is 2. The van der Waals surface area contributed by atoms with Gasteiger partial charge in [-0.3, -0.25) is 0 Å². The van der Waals surface area contributed by atoms with Crippen LogP contribution in [0.25, 0.3) is 16.9 Å². The van der Waals surface area contributed by atoms with Crippen molar-refractivity contribution >= 4 is 22.8 Å². The van der Waals surface area contributed by atoms with Crippen molar-refractivity contribution in [1.82, 2.24) is 29.9 Å². The van der Waals surface area contributed by atoms with Gasteiger partial charge in [0.1, 0.15) is 5.75 Å². The second-order valence-corrected chi connectivity index (χ2v) is 8.59. The zero-order valence-corrected chi connectivity index (χ0v) is 19.3. The summed E-state index contributed by atoms with van der Waals surface area (Å²) < 4.78 is 7.59. The maximum Gasteiger partial charge on any atom is 0.229 e. The zero-order chi connectivity index (χ0) is 23.3. The summed E-state index contributed by atoms with van der Waals surface area (Å²) in [7, 11) is 1.99. The van der Waals surface area contributed by atoms with E-state index in [1.165, 1.54) is 17.5 Å². The van der Waals surface area contributed by atoms with Crippen LogP contribution < -0.4 is 10.1 Å². The second-order valence-electron chi connectivity index (χ2n) is 8.59. The molecule has 2 heterocycles. The molecule has 0 saturated heterocycles. The Balaban J connectivity index is 1.24. The minimum Gasteiger partial charge on any atom is -0.494 e. The Hall–Kier alpha value is -3.56. The monoisotopic (exact) mass is 459 g/mol. The van der Waals surface area contributed by atoms with Gasteiger partial charge in [0, 0.05) is 18.8 Å². The molecule has 0 saturated carbocycles. The molecule has 0 atom stereocenters. The van der Waals surface area contributed by atoms with Gasteiger partial charge < -0.3 is 20.1 Å². The van der Waals surface area contributed by atoms with Gasteiger partial charge in [-0.25, -0.2) is 4.98 Å². The van der Waals surface area contributed by atoms with E-state index in [-0.39, 0.29) is 6.61 Å². The van der Waals surface area contributed by atoms with Crippen molar-refractivity contribution < 1.29 is 9.84 Å². The van der Waals surface area contributed by atoms with Crippen molar-refractivity contribution in [2.75, 3.05) is 38.7 Å². The molecule has 9 heteroatoms. The molecule has 1 aliphatic rings. The molecule has 176 valence electrons. The highest BCUT2D eigenvalue weighted by Crippen LogP contribution is 2.26. The van der Waals surface area contributed by atoms with Crippen molar-refractivity contribution in [3.8, 4) is 11.4 Å². The van der Waals surface area contributed by atoms with Crippen LogP contribution >= 0.6 is 0 Å². The third-order valence-electron chi connectivity index (χ3n) is 6.06. The number of aliphatic hydroxyl groups is 1. The Bertz CT molecular complexity index is 1260. The molecule has 0 amide bonds. The van der Waals surface area contributed by atoms with Gasteiger partial charge in [0.2, 0.25) is 5.95 Å². The first-order valence-electron chi connectivity index (χ1n) is 11.7. The molecule has 2 N–H and O–H groups in total. The van der Waals surface area contributed by atoms with Crippen LogP contribution in [0, 0.1) is 0 Å². The highest BCUT2D eigenvalue weighted by Gasteiger charge is 2.15. The maximum absolute atomic E-state index is 8.94. The number of rotatable bonds is 10. The molecule has 0 bridgehead atoms. The van der Waals surface area contributed by atoms with Crippen LogP contribution in [-0.2, 0) is 12.8 Å². The van der Waals surface area contributed by atoms with Crippen molar-refractivity contribution in [3.05, 3.63) is 59.8 Å². The number of benzene rings is 2. The number of hydrogen-bond acceptors (Lipinski definition) is 8. The average molecular weight is 460 g/mol. The molecule has 2 aromatic heterocycles. The first-order chi connectivity index (χ1) is 16.7. The van der Waals surface area contributed by atoms with Crippen LogP contribution in [0.5, 0.6) is 5.75 Å². The molecule has 1 aliphatic carbocycles. The molecule has 0 unspecified atom stereocenters. The van der Waals surface area contributed by atoms with Gasteiger partial charge >= 0.3 is 0 Å². The second kappa shape index (κ2) is 10.1. The van der Waals surface area contributed by atoms with Crippen molar-refractivity contribution in [2.45, 2.75) is 25.7 Å². The molecule has 9 nitrogen and oxygen atoms in total. The minimum atomic E-state index is 0.176. The molecule has 0 spiro atoms. The number of aliphatic hydroxyl groups excluding tert-OH is 1. The largest absolute Gasteiger partial charge is 0.494 e. The first-order valence-corrected chi connectivity index (χ1v) is 11.7. The van der Waals surface area contributed by atoms with Crippen LogP contribution in [0.1, 0.15) is 24.0 Å². The molecule has 0 radical (unpaired) electrons. The Morgan fingerprint density at radius 2 is 1.94 bits per heavy atom. The maximum atomic E-state index is 8.94. The molecular weight excluding hydrogens is 430 g/mol. The molecular formula is C25H29N7O2. The summed E-state index contributed by atoms with van der Waals surface area (Å²) >= 11 is 0. The van der Waals surface area contributed by atoms with Gasteiger partial charge in [-0.1, -0.05) is 11.3 Å². The lowest BCUT2D eigenvalue weighted by molar-refractivity contribution is 0.207. The lowest BCUT2D eigenvalue weighted by Gasteiger charge is -2.15. The summed E-state index contributed by atoms with van der Waals surface area (Å²) in [4.78, 5) is 11.1. The molecule has 4 aromatic rings. The first kappa shape index (κ1) is 22.2. The van der Waals surface area contributed by atoms with Gasteiger partial charge in [-0.15, -0.1) is 5.10 Å². The number of ether oxygens (including phenoxy) is 1. The van der Waals surface area contributed by atoms with Crippen molar-refractivity contribution in [2.24, 2.45) is 0 Å².